The molecule has 0 radical (unpaired) electrons. The van der Waals surface area contributed by atoms with Gasteiger partial charge in [0.2, 0.25) is 0 Å². The van der Waals surface area contributed by atoms with Gasteiger partial charge in [-0.25, -0.2) is 4.39 Å². The number of ether oxygens (including phenoxy) is 1. The van der Waals surface area contributed by atoms with Crippen LogP contribution in [0.4, 0.5) is 4.39 Å². The second kappa shape index (κ2) is 5.76. The van der Waals surface area contributed by atoms with E-state index in [1.54, 1.807) is 19.2 Å². The van der Waals surface area contributed by atoms with E-state index in [1.165, 1.54) is 6.07 Å². The van der Waals surface area contributed by atoms with E-state index in [0.29, 0.717) is 13.2 Å². The van der Waals surface area contributed by atoms with Crippen molar-refractivity contribution in [3.8, 4) is 6.07 Å². The van der Waals surface area contributed by atoms with Gasteiger partial charge in [-0.05, 0) is 31.5 Å². The average Bonchev–Trinajstić information content (AvgIpc) is 2.28. The summed E-state index contributed by atoms with van der Waals surface area (Å²) >= 11 is 0. The Balaban J connectivity index is 2.67. The van der Waals surface area contributed by atoms with Crippen molar-refractivity contribution in [2.24, 2.45) is 0 Å². The molecule has 0 aliphatic carbocycles. The van der Waals surface area contributed by atoms with Crippen LogP contribution in [0.25, 0.3) is 0 Å². The lowest BCUT2D eigenvalue weighted by Gasteiger charge is -2.25. The van der Waals surface area contributed by atoms with E-state index in [4.69, 9.17) is 10.00 Å². The summed E-state index contributed by atoms with van der Waals surface area (Å²) in [6.07, 6.45) is 0. The molecule has 4 heteroatoms. The molecule has 0 bridgehead atoms. The molecule has 0 unspecified atom stereocenters. The third-order valence-electron chi connectivity index (χ3n) is 2.43. The molecule has 0 fully saturated rings. The molecular formula is C13H17FN2O. The van der Waals surface area contributed by atoms with Crippen LogP contribution in [0.2, 0.25) is 0 Å². The highest BCUT2D eigenvalue weighted by molar-refractivity contribution is 5.34. The third kappa shape index (κ3) is 4.14. The molecule has 1 N–H and O–H groups in total. The van der Waals surface area contributed by atoms with Gasteiger partial charge in [-0.2, -0.15) is 5.26 Å². The lowest BCUT2D eigenvalue weighted by molar-refractivity contribution is 0.128. The first-order valence-corrected chi connectivity index (χ1v) is 5.41. The molecule has 1 rings (SSSR count). The molecule has 0 atom stereocenters. The summed E-state index contributed by atoms with van der Waals surface area (Å²) in [7, 11) is 1.65. The molecule has 0 saturated carbocycles. The molecule has 0 spiro atoms. The monoisotopic (exact) mass is 236 g/mol. The predicted octanol–water partition coefficient (Wildman–Crippen LogP) is 2.21. The van der Waals surface area contributed by atoms with Crippen molar-refractivity contribution >= 4 is 0 Å². The fraction of sp³-hybridized carbons (Fsp3) is 0.462. The summed E-state index contributed by atoms with van der Waals surface area (Å²) in [5.41, 5.74) is 0.802. The van der Waals surface area contributed by atoms with Crippen molar-refractivity contribution in [1.82, 2.24) is 5.32 Å². The minimum atomic E-state index is -0.479. The summed E-state index contributed by atoms with van der Waals surface area (Å²) in [4.78, 5) is 0. The summed E-state index contributed by atoms with van der Waals surface area (Å²) in [5.74, 6) is -0.479. The number of halogens is 1. The molecule has 3 nitrogen and oxygen atoms in total. The van der Waals surface area contributed by atoms with Crippen LogP contribution in [0.15, 0.2) is 18.2 Å². The number of rotatable bonds is 5. The quantitative estimate of drug-likeness (QED) is 0.852. The first-order chi connectivity index (χ1) is 7.98. The lowest BCUT2D eigenvalue weighted by Crippen LogP contribution is -2.42. The van der Waals surface area contributed by atoms with Crippen LogP contribution in [0.1, 0.15) is 25.0 Å². The number of benzene rings is 1. The predicted molar refractivity (Wildman–Crippen MR) is 63.9 cm³/mol. The first-order valence-electron chi connectivity index (χ1n) is 5.41. The van der Waals surface area contributed by atoms with Crippen LogP contribution in [0, 0.1) is 17.1 Å². The van der Waals surface area contributed by atoms with E-state index in [-0.39, 0.29) is 11.1 Å². The van der Waals surface area contributed by atoms with Gasteiger partial charge in [-0.3, -0.25) is 0 Å². The summed E-state index contributed by atoms with van der Waals surface area (Å²) in [6.45, 7) is 5.20. The molecule has 1 aromatic carbocycles. The fourth-order valence-electron chi connectivity index (χ4n) is 1.52. The van der Waals surface area contributed by atoms with Crippen molar-refractivity contribution in [2.45, 2.75) is 25.9 Å². The zero-order valence-corrected chi connectivity index (χ0v) is 10.4. The highest BCUT2D eigenvalue weighted by atomic mass is 19.1. The van der Waals surface area contributed by atoms with E-state index in [2.05, 4.69) is 5.32 Å². The summed E-state index contributed by atoms with van der Waals surface area (Å²) in [5, 5.41) is 12.0. The van der Waals surface area contributed by atoms with Crippen LogP contribution in [-0.2, 0) is 11.3 Å². The van der Waals surface area contributed by atoms with Gasteiger partial charge in [-0.1, -0.05) is 6.07 Å². The van der Waals surface area contributed by atoms with Crippen molar-refractivity contribution in [2.75, 3.05) is 13.7 Å². The Labute approximate surface area is 101 Å². The van der Waals surface area contributed by atoms with Crippen LogP contribution in [-0.4, -0.2) is 19.3 Å². The van der Waals surface area contributed by atoms with Crippen LogP contribution in [0.5, 0.6) is 0 Å². The molecular weight excluding hydrogens is 219 g/mol. The normalized spacial score (nSPS) is 11.2. The Morgan fingerprint density at radius 1 is 1.47 bits per heavy atom. The standard InChI is InChI=1S/C13H17FN2O/c1-13(2,9-17-3)16-8-10-4-5-12(14)11(6-10)7-15/h4-6,16H,8-9H2,1-3H3. The number of methoxy groups -OCH3 is 1. The maximum absolute atomic E-state index is 13.1. The second-order valence-electron chi connectivity index (χ2n) is 4.60. The topological polar surface area (TPSA) is 45.0 Å². The Morgan fingerprint density at radius 2 is 2.18 bits per heavy atom. The second-order valence-corrected chi connectivity index (χ2v) is 4.60. The maximum Gasteiger partial charge on any atom is 0.140 e. The summed E-state index contributed by atoms with van der Waals surface area (Å²) in [6, 6.07) is 6.38. The highest BCUT2D eigenvalue weighted by Crippen LogP contribution is 2.11. The Bertz CT molecular complexity index is 424. The van der Waals surface area contributed by atoms with Gasteiger partial charge in [0.05, 0.1) is 12.2 Å². The summed E-state index contributed by atoms with van der Waals surface area (Å²) < 4.78 is 18.2. The zero-order chi connectivity index (χ0) is 12.9. The Morgan fingerprint density at radius 3 is 2.76 bits per heavy atom. The van der Waals surface area contributed by atoms with E-state index >= 15 is 0 Å². The SMILES string of the molecule is COCC(C)(C)NCc1ccc(F)c(C#N)c1. The zero-order valence-electron chi connectivity index (χ0n) is 10.4. The minimum absolute atomic E-state index is 0.0776. The van der Waals surface area contributed by atoms with Crippen molar-refractivity contribution < 1.29 is 9.13 Å². The third-order valence-corrected chi connectivity index (χ3v) is 2.43. The average molecular weight is 236 g/mol. The molecule has 92 valence electrons. The van der Waals surface area contributed by atoms with Gasteiger partial charge in [0, 0.05) is 19.2 Å². The van der Waals surface area contributed by atoms with Crippen molar-refractivity contribution in [3.63, 3.8) is 0 Å². The smallest absolute Gasteiger partial charge is 0.140 e. The van der Waals surface area contributed by atoms with Crippen LogP contribution < -0.4 is 5.32 Å². The number of nitrogens with one attached hydrogen (secondary N) is 1. The number of nitrogens with zero attached hydrogens (tertiary/aromatic N) is 1. The van der Waals surface area contributed by atoms with Crippen LogP contribution >= 0.6 is 0 Å². The van der Waals surface area contributed by atoms with Gasteiger partial charge >= 0.3 is 0 Å². The molecule has 1 aromatic rings. The minimum Gasteiger partial charge on any atom is -0.383 e. The van der Waals surface area contributed by atoms with Crippen molar-refractivity contribution in [3.05, 3.63) is 35.1 Å². The van der Waals surface area contributed by atoms with Gasteiger partial charge in [0.25, 0.3) is 0 Å². The van der Waals surface area contributed by atoms with Gasteiger partial charge in [0.1, 0.15) is 11.9 Å². The molecule has 0 saturated heterocycles. The molecule has 0 aliphatic rings. The molecule has 0 amide bonds. The van der Waals surface area contributed by atoms with Crippen LogP contribution in [0.3, 0.4) is 0 Å². The van der Waals surface area contributed by atoms with Gasteiger partial charge < -0.3 is 10.1 Å². The highest BCUT2D eigenvalue weighted by Gasteiger charge is 2.16. The lowest BCUT2D eigenvalue weighted by atomic mass is 10.1. The van der Waals surface area contributed by atoms with E-state index in [1.807, 2.05) is 19.9 Å². The number of hydrogen-bond donors (Lipinski definition) is 1. The van der Waals surface area contributed by atoms with Gasteiger partial charge in [0.15, 0.2) is 0 Å². The molecule has 0 aromatic heterocycles. The molecule has 0 heterocycles. The fourth-order valence-corrected chi connectivity index (χ4v) is 1.52. The number of hydrogen-bond acceptors (Lipinski definition) is 3. The molecule has 17 heavy (non-hydrogen) atoms. The van der Waals surface area contributed by atoms with Crippen molar-refractivity contribution in [1.29, 1.82) is 5.26 Å². The Hall–Kier alpha value is -1.44. The van der Waals surface area contributed by atoms with Gasteiger partial charge in [-0.15, -0.1) is 0 Å². The van der Waals surface area contributed by atoms with E-state index < -0.39 is 5.82 Å². The first kappa shape index (κ1) is 13.6. The van der Waals surface area contributed by atoms with E-state index in [0.717, 1.165) is 5.56 Å². The molecule has 0 aliphatic heterocycles. The Kier molecular flexibility index (Phi) is 4.62. The number of nitriles is 1. The largest absolute Gasteiger partial charge is 0.383 e. The van der Waals surface area contributed by atoms with E-state index in [9.17, 15) is 4.39 Å². The maximum atomic E-state index is 13.1.